The lowest BCUT2D eigenvalue weighted by molar-refractivity contribution is 0.682. The van der Waals surface area contributed by atoms with Crippen LogP contribution < -0.4 is 5.32 Å². The van der Waals surface area contributed by atoms with Crippen LogP contribution >= 0.6 is 0 Å². The number of aromatic nitrogens is 4. The molecule has 0 fully saturated rings. The number of nitrogens with one attached hydrogen (secondary N) is 1. The molecule has 0 aromatic carbocycles. The van der Waals surface area contributed by atoms with Gasteiger partial charge in [-0.25, -0.2) is 15.0 Å². The smallest absolute Gasteiger partial charge is 0.159 e. The predicted octanol–water partition coefficient (Wildman–Crippen LogP) is 2.66. The van der Waals surface area contributed by atoms with Crippen molar-refractivity contribution in [1.82, 2.24) is 19.5 Å². The van der Waals surface area contributed by atoms with Crippen molar-refractivity contribution in [3.05, 3.63) is 23.8 Å². The van der Waals surface area contributed by atoms with Crippen LogP contribution in [0.2, 0.25) is 0 Å². The summed E-state index contributed by atoms with van der Waals surface area (Å²) in [5.74, 6) is 2.65. The molecule has 0 radical (unpaired) electrons. The lowest BCUT2D eigenvalue weighted by atomic mass is 10.2. The van der Waals surface area contributed by atoms with E-state index in [1.165, 1.54) is 0 Å². The molecule has 0 atom stereocenters. The Balaban J connectivity index is 2.57. The van der Waals surface area contributed by atoms with Crippen LogP contribution in [0, 0.1) is 6.92 Å². The average molecular weight is 259 g/mol. The zero-order chi connectivity index (χ0) is 13.8. The van der Waals surface area contributed by atoms with E-state index < -0.39 is 0 Å². The summed E-state index contributed by atoms with van der Waals surface area (Å²) in [6.07, 6.45) is 5.73. The number of aryl methyl sites for hydroxylation is 2. The van der Waals surface area contributed by atoms with Gasteiger partial charge in [0.25, 0.3) is 0 Å². The van der Waals surface area contributed by atoms with Crippen LogP contribution in [0.25, 0.3) is 11.5 Å². The summed E-state index contributed by atoms with van der Waals surface area (Å²) in [5.41, 5.74) is 1.97. The number of imidazole rings is 1. The molecule has 0 unspecified atom stereocenters. The molecule has 5 nitrogen and oxygen atoms in total. The van der Waals surface area contributed by atoms with Crippen molar-refractivity contribution >= 4 is 5.82 Å². The van der Waals surface area contributed by atoms with Crippen LogP contribution in [0.15, 0.2) is 12.4 Å². The van der Waals surface area contributed by atoms with Gasteiger partial charge in [0.2, 0.25) is 0 Å². The molecule has 5 heteroatoms. The first kappa shape index (κ1) is 13.5. The van der Waals surface area contributed by atoms with Gasteiger partial charge in [0, 0.05) is 38.0 Å². The SMILES string of the molecule is CCCn1ccnc1-c1nc(CC)nc(NC)c1C. The van der Waals surface area contributed by atoms with Crippen LogP contribution in [0.4, 0.5) is 5.82 Å². The summed E-state index contributed by atoms with van der Waals surface area (Å²) < 4.78 is 2.15. The van der Waals surface area contributed by atoms with E-state index in [1.807, 2.05) is 26.4 Å². The molecular weight excluding hydrogens is 238 g/mol. The largest absolute Gasteiger partial charge is 0.373 e. The van der Waals surface area contributed by atoms with Crippen molar-refractivity contribution < 1.29 is 0 Å². The Morgan fingerprint density at radius 1 is 1.26 bits per heavy atom. The average Bonchev–Trinajstić information content (AvgIpc) is 2.87. The van der Waals surface area contributed by atoms with Gasteiger partial charge in [-0.15, -0.1) is 0 Å². The van der Waals surface area contributed by atoms with E-state index in [4.69, 9.17) is 0 Å². The topological polar surface area (TPSA) is 55.6 Å². The van der Waals surface area contributed by atoms with Crippen molar-refractivity contribution in [2.45, 2.75) is 40.2 Å². The zero-order valence-electron chi connectivity index (χ0n) is 12.1. The van der Waals surface area contributed by atoms with E-state index in [0.29, 0.717) is 0 Å². The fraction of sp³-hybridized carbons (Fsp3) is 0.500. The molecule has 1 N–H and O–H groups in total. The second-order valence-corrected chi connectivity index (χ2v) is 4.51. The molecule has 0 aliphatic rings. The van der Waals surface area contributed by atoms with E-state index in [2.05, 4.69) is 38.7 Å². The molecule has 0 amide bonds. The summed E-state index contributed by atoms with van der Waals surface area (Å²) >= 11 is 0. The van der Waals surface area contributed by atoms with Crippen molar-refractivity contribution in [3.8, 4) is 11.5 Å². The van der Waals surface area contributed by atoms with E-state index in [1.54, 1.807) is 0 Å². The van der Waals surface area contributed by atoms with Gasteiger partial charge in [0.15, 0.2) is 5.82 Å². The molecule has 0 bridgehead atoms. The Morgan fingerprint density at radius 3 is 2.68 bits per heavy atom. The first-order valence-corrected chi connectivity index (χ1v) is 6.78. The standard InChI is InChI=1S/C14H21N5/c1-5-8-19-9-7-16-14(19)12-10(3)13(15-4)18-11(6-2)17-12/h7,9H,5-6,8H2,1-4H3,(H,15,17,18). The summed E-state index contributed by atoms with van der Waals surface area (Å²) in [7, 11) is 1.89. The van der Waals surface area contributed by atoms with Crippen LogP contribution in [0.5, 0.6) is 0 Å². The minimum Gasteiger partial charge on any atom is -0.373 e. The molecule has 0 spiro atoms. The van der Waals surface area contributed by atoms with Crippen LogP contribution in [-0.4, -0.2) is 26.6 Å². The number of nitrogens with zero attached hydrogens (tertiary/aromatic N) is 4. The molecular formula is C14H21N5. The fourth-order valence-electron chi connectivity index (χ4n) is 2.13. The molecule has 102 valence electrons. The van der Waals surface area contributed by atoms with E-state index in [9.17, 15) is 0 Å². The quantitative estimate of drug-likeness (QED) is 0.897. The highest BCUT2D eigenvalue weighted by molar-refractivity contribution is 5.63. The second-order valence-electron chi connectivity index (χ2n) is 4.51. The third-order valence-electron chi connectivity index (χ3n) is 3.14. The summed E-state index contributed by atoms with van der Waals surface area (Å²) in [6, 6.07) is 0. The van der Waals surface area contributed by atoms with Crippen LogP contribution in [0.1, 0.15) is 31.7 Å². The molecule has 2 heterocycles. The maximum absolute atomic E-state index is 4.65. The lowest BCUT2D eigenvalue weighted by Gasteiger charge is -2.12. The van der Waals surface area contributed by atoms with Gasteiger partial charge in [0.05, 0.1) is 0 Å². The molecule has 2 rings (SSSR count). The van der Waals surface area contributed by atoms with E-state index in [-0.39, 0.29) is 0 Å². The van der Waals surface area contributed by atoms with Gasteiger partial charge in [0.1, 0.15) is 17.3 Å². The van der Waals surface area contributed by atoms with Crippen molar-refractivity contribution in [2.24, 2.45) is 0 Å². The first-order chi connectivity index (χ1) is 9.21. The Labute approximate surface area is 114 Å². The van der Waals surface area contributed by atoms with Gasteiger partial charge in [-0.05, 0) is 13.3 Å². The fourth-order valence-corrected chi connectivity index (χ4v) is 2.13. The Kier molecular flexibility index (Phi) is 4.14. The maximum atomic E-state index is 4.65. The summed E-state index contributed by atoms with van der Waals surface area (Å²) in [4.78, 5) is 13.6. The Bertz CT molecular complexity index is 559. The van der Waals surface area contributed by atoms with Gasteiger partial charge in [-0.1, -0.05) is 13.8 Å². The Morgan fingerprint density at radius 2 is 2.05 bits per heavy atom. The summed E-state index contributed by atoms with van der Waals surface area (Å²) in [5, 5.41) is 3.14. The van der Waals surface area contributed by atoms with Crippen molar-refractivity contribution in [3.63, 3.8) is 0 Å². The van der Waals surface area contributed by atoms with Crippen molar-refractivity contribution in [2.75, 3.05) is 12.4 Å². The Hall–Kier alpha value is -1.91. The monoisotopic (exact) mass is 259 g/mol. The normalized spacial score (nSPS) is 10.7. The third-order valence-corrected chi connectivity index (χ3v) is 3.14. The number of rotatable bonds is 5. The highest BCUT2D eigenvalue weighted by atomic mass is 15.1. The van der Waals surface area contributed by atoms with Gasteiger partial charge >= 0.3 is 0 Å². The predicted molar refractivity (Wildman–Crippen MR) is 77.2 cm³/mol. The maximum Gasteiger partial charge on any atom is 0.159 e. The number of anilines is 1. The zero-order valence-corrected chi connectivity index (χ0v) is 12.1. The van der Waals surface area contributed by atoms with E-state index >= 15 is 0 Å². The highest BCUT2D eigenvalue weighted by Crippen LogP contribution is 2.24. The molecule has 0 saturated heterocycles. The van der Waals surface area contributed by atoms with Gasteiger partial charge in [-0.2, -0.15) is 0 Å². The molecule has 0 aliphatic carbocycles. The van der Waals surface area contributed by atoms with E-state index in [0.717, 1.165) is 48.1 Å². The molecule has 19 heavy (non-hydrogen) atoms. The minimum atomic E-state index is 0.816. The molecule has 0 saturated carbocycles. The molecule has 2 aromatic rings. The van der Waals surface area contributed by atoms with Gasteiger partial charge in [-0.3, -0.25) is 0 Å². The summed E-state index contributed by atoms with van der Waals surface area (Å²) in [6.45, 7) is 7.21. The molecule has 0 aliphatic heterocycles. The van der Waals surface area contributed by atoms with Crippen LogP contribution in [0.3, 0.4) is 0 Å². The number of hydrogen-bond acceptors (Lipinski definition) is 4. The second kappa shape index (κ2) is 5.82. The third kappa shape index (κ3) is 2.59. The minimum absolute atomic E-state index is 0.816. The molecule has 2 aromatic heterocycles. The van der Waals surface area contributed by atoms with Crippen molar-refractivity contribution in [1.29, 1.82) is 0 Å². The van der Waals surface area contributed by atoms with Gasteiger partial charge < -0.3 is 9.88 Å². The lowest BCUT2D eigenvalue weighted by Crippen LogP contribution is -2.08. The highest BCUT2D eigenvalue weighted by Gasteiger charge is 2.15. The first-order valence-electron chi connectivity index (χ1n) is 6.78. The number of hydrogen-bond donors (Lipinski definition) is 1. The van der Waals surface area contributed by atoms with Crippen LogP contribution in [-0.2, 0) is 13.0 Å².